The Bertz CT molecular complexity index is 553. The molecular weight excluding hydrogens is 234 g/mol. The number of hydrogen-bond donors (Lipinski definition) is 2. The molecule has 7 nitrogen and oxygen atoms in total. The van der Waals surface area contributed by atoms with E-state index < -0.39 is 0 Å². The van der Waals surface area contributed by atoms with Gasteiger partial charge in [0.05, 0.1) is 11.0 Å². The van der Waals surface area contributed by atoms with E-state index in [1.165, 1.54) is 12.4 Å². The predicted molar refractivity (Wildman–Crippen MR) is 66.3 cm³/mol. The maximum absolute atomic E-state index is 10.7. The first kappa shape index (κ1) is 12.0. The van der Waals surface area contributed by atoms with Gasteiger partial charge in [-0.05, 0) is 26.0 Å². The number of nitro groups is 1. The smallest absolute Gasteiger partial charge is 0.272 e. The molecule has 1 unspecified atom stereocenters. The molecule has 0 spiro atoms. The number of nitro benzene ring substituents is 1. The lowest BCUT2D eigenvalue weighted by Crippen LogP contribution is -2.08. The van der Waals surface area contributed by atoms with Crippen LogP contribution in [0, 0.1) is 17.0 Å². The molecule has 0 amide bonds. The molecule has 1 atom stereocenters. The highest BCUT2D eigenvalue weighted by atomic mass is 16.6. The zero-order chi connectivity index (χ0) is 13.1. The molecule has 0 aliphatic rings. The molecule has 94 valence electrons. The van der Waals surface area contributed by atoms with E-state index >= 15 is 0 Å². The molecule has 1 heterocycles. The van der Waals surface area contributed by atoms with Crippen molar-refractivity contribution in [2.45, 2.75) is 19.9 Å². The fourth-order valence-corrected chi connectivity index (χ4v) is 1.69. The Morgan fingerprint density at radius 1 is 1.50 bits per heavy atom. The first-order valence-corrected chi connectivity index (χ1v) is 5.45. The van der Waals surface area contributed by atoms with Crippen molar-refractivity contribution in [3.05, 3.63) is 46.0 Å². The van der Waals surface area contributed by atoms with Crippen LogP contribution in [0.1, 0.15) is 24.4 Å². The van der Waals surface area contributed by atoms with Gasteiger partial charge in [0, 0.05) is 17.3 Å². The van der Waals surface area contributed by atoms with Gasteiger partial charge in [-0.3, -0.25) is 15.2 Å². The molecule has 1 aromatic carbocycles. The highest BCUT2D eigenvalue weighted by molar-refractivity contribution is 5.54. The summed E-state index contributed by atoms with van der Waals surface area (Å²) in [5.41, 5.74) is 1.55. The largest absolute Gasteiger partial charge is 0.375 e. The van der Waals surface area contributed by atoms with Crippen molar-refractivity contribution in [3.63, 3.8) is 0 Å². The third-order valence-electron chi connectivity index (χ3n) is 2.62. The zero-order valence-corrected chi connectivity index (χ0v) is 10.0. The highest BCUT2D eigenvalue weighted by Crippen LogP contribution is 2.23. The molecule has 2 rings (SSSR count). The summed E-state index contributed by atoms with van der Waals surface area (Å²) < 4.78 is 0. The fourth-order valence-electron chi connectivity index (χ4n) is 1.69. The Morgan fingerprint density at radius 2 is 2.28 bits per heavy atom. The lowest BCUT2D eigenvalue weighted by Gasteiger charge is -2.12. The van der Waals surface area contributed by atoms with Crippen molar-refractivity contribution in [1.29, 1.82) is 0 Å². The number of benzene rings is 1. The molecule has 7 heteroatoms. The number of anilines is 1. The van der Waals surface area contributed by atoms with Crippen LogP contribution in [-0.4, -0.2) is 20.1 Å². The highest BCUT2D eigenvalue weighted by Gasteiger charge is 2.12. The van der Waals surface area contributed by atoms with Gasteiger partial charge in [0.15, 0.2) is 0 Å². The summed E-state index contributed by atoms with van der Waals surface area (Å²) in [4.78, 5) is 14.4. The van der Waals surface area contributed by atoms with Crippen LogP contribution in [0.25, 0.3) is 0 Å². The summed E-state index contributed by atoms with van der Waals surface area (Å²) in [5, 5.41) is 20.4. The second kappa shape index (κ2) is 4.82. The van der Waals surface area contributed by atoms with Crippen molar-refractivity contribution in [3.8, 4) is 0 Å². The number of H-pyrrole nitrogens is 1. The van der Waals surface area contributed by atoms with Gasteiger partial charge in [-0.2, -0.15) is 5.10 Å². The maximum Gasteiger partial charge on any atom is 0.272 e. The Hall–Kier alpha value is -2.44. The van der Waals surface area contributed by atoms with E-state index in [2.05, 4.69) is 20.5 Å². The molecule has 1 aromatic heterocycles. The quantitative estimate of drug-likeness (QED) is 0.637. The monoisotopic (exact) mass is 247 g/mol. The van der Waals surface area contributed by atoms with Gasteiger partial charge in [0.1, 0.15) is 12.2 Å². The first-order valence-electron chi connectivity index (χ1n) is 5.45. The molecule has 0 bridgehead atoms. The number of nitrogens with one attached hydrogen (secondary N) is 2. The molecule has 0 saturated heterocycles. The Morgan fingerprint density at radius 3 is 2.83 bits per heavy atom. The molecular formula is C11H13N5O2. The van der Waals surface area contributed by atoms with Gasteiger partial charge in [0.25, 0.3) is 5.69 Å². The molecule has 0 radical (unpaired) electrons. The molecule has 18 heavy (non-hydrogen) atoms. The zero-order valence-electron chi connectivity index (χ0n) is 10.0. The molecule has 0 aliphatic carbocycles. The number of aromatic amines is 1. The Labute approximate surface area is 103 Å². The van der Waals surface area contributed by atoms with Gasteiger partial charge < -0.3 is 5.32 Å². The normalized spacial score (nSPS) is 12.1. The third-order valence-corrected chi connectivity index (χ3v) is 2.62. The number of aryl methyl sites for hydroxylation is 1. The second-order valence-corrected chi connectivity index (χ2v) is 4.00. The van der Waals surface area contributed by atoms with E-state index in [-0.39, 0.29) is 16.7 Å². The van der Waals surface area contributed by atoms with E-state index in [9.17, 15) is 10.1 Å². The SMILES string of the molecule is Cc1cc(NC(C)c2ncn[nH]2)ccc1[N+](=O)[O-]. The van der Waals surface area contributed by atoms with Crippen LogP contribution >= 0.6 is 0 Å². The van der Waals surface area contributed by atoms with Crippen molar-refractivity contribution in [2.75, 3.05) is 5.32 Å². The number of hydrogen-bond acceptors (Lipinski definition) is 5. The first-order chi connectivity index (χ1) is 8.58. The summed E-state index contributed by atoms with van der Waals surface area (Å²) >= 11 is 0. The van der Waals surface area contributed by atoms with Crippen LogP contribution < -0.4 is 5.32 Å². The lowest BCUT2D eigenvalue weighted by atomic mass is 10.1. The minimum atomic E-state index is -0.390. The number of nitrogens with zero attached hydrogens (tertiary/aromatic N) is 3. The summed E-state index contributed by atoms with van der Waals surface area (Å²) in [6.07, 6.45) is 1.44. The van der Waals surface area contributed by atoms with Crippen LogP contribution in [0.15, 0.2) is 24.5 Å². The van der Waals surface area contributed by atoms with Gasteiger partial charge in [-0.15, -0.1) is 0 Å². The van der Waals surface area contributed by atoms with Crippen LogP contribution in [0.3, 0.4) is 0 Å². The third kappa shape index (κ3) is 2.45. The Kier molecular flexibility index (Phi) is 3.22. The summed E-state index contributed by atoms with van der Waals surface area (Å²) in [6, 6.07) is 4.86. The van der Waals surface area contributed by atoms with Gasteiger partial charge in [-0.25, -0.2) is 4.98 Å². The maximum atomic E-state index is 10.7. The lowest BCUT2D eigenvalue weighted by molar-refractivity contribution is -0.385. The van der Waals surface area contributed by atoms with Crippen molar-refractivity contribution < 1.29 is 4.92 Å². The average Bonchev–Trinajstić information content (AvgIpc) is 2.81. The van der Waals surface area contributed by atoms with Crippen LogP contribution in [0.5, 0.6) is 0 Å². The molecule has 0 saturated carbocycles. The Balaban J connectivity index is 2.15. The molecule has 2 aromatic rings. The van der Waals surface area contributed by atoms with E-state index in [4.69, 9.17) is 0 Å². The van der Waals surface area contributed by atoms with Crippen molar-refractivity contribution in [2.24, 2.45) is 0 Å². The minimum Gasteiger partial charge on any atom is -0.375 e. The van der Waals surface area contributed by atoms with E-state index in [0.717, 1.165) is 5.69 Å². The molecule has 0 aliphatic heterocycles. The van der Waals surface area contributed by atoms with Crippen LogP contribution in [0.4, 0.5) is 11.4 Å². The van der Waals surface area contributed by atoms with E-state index in [1.807, 2.05) is 6.92 Å². The predicted octanol–water partition coefficient (Wildman–Crippen LogP) is 2.19. The summed E-state index contributed by atoms with van der Waals surface area (Å²) in [5.74, 6) is 0.714. The minimum absolute atomic E-state index is 0.0478. The fraction of sp³-hybridized carbons (Fsp3) is 0.273. The standard InChI is InChI=1S/C11H13N5O2/c1-7-5-9(3-4-10(7)16(17)18)14-8(2)11-12-6-13-15-11/h3-6,8,14H,1-2H3,(H,12,13,15). The molecule has 0 fully saturated rings. The van der Waals surface area contributed by atoms with Crippen molar-refractivity contribution >= 4 is 11.4 Å². The van der Waals surface area contributed by atoms with Crippen molar-refractivity contribution in [1.82, 2.24) is 15.2 Å². The summed E-state index contributed by atoms with van der Waals surface area (Å²) in [6.45, 7) is 3.64. The topological polar surface area (TPSA) is 96.7 Å². The van der Waals surface area contributed by atoms with Gasteiger partial charge in [0.2, 0.25) is 0 Å². The van der Waals surface area contributed by atoms with E-state index in [1.54, 1.807) is 19.1 Å². The van der Waals surface area contributed by atoms with Crippen LogP contribution in [0.2, 0.25) is 0 Å². The molecule has 2 N–H and O–H groups in total. The number of aromatic nitrogens is 3. The van der Waals surface area contributed by atoms with E-state index in [0.29, 0.717) is 11.4 Å². The van der Waals surface area contributed by atoms with Gasteiger partial charge >= 0.3 is 0 Å². The average molecular weight is 247 g/mol. The number of rotatable bonds is 4. The van der Waals surface area contributed by atoms with Gasteiger partial charge in [-0.1, -0.05) is 0 Å². The van der Waals surface area contributed by atoms with Crippen LogP contribution in [-0.2, 0) is 0 Å². The second-order valence-electron chi connectivity index (χ2n) is 4.00. The summed E-state index contributed by atoms with van der Waals surface area (Å²) in [7, 11) is 0.